The maximum atomic E-state index is 4.02. The standard InChI is InChI=1S/C10H17N3S/c1-8-6-10(13-11-7-8)12-9(2)4-5-14-3/h6-7,9H,4-5H2,1-3H3,(H,12,13). The summed E-state index contributed by atoms with van der Waals surface area (Å²) in [4.78, 5) is 0. The molecule has 1 unspecified atom stereocenters. The van der Waals surface area contributed by atoms with Gasteiger partial charge in [-0.3, -0.25) is 0 Å². The van der Waals surface area contributed by atoms with E-state index in [0.717, 1.165) is 17.8 Å². The van der Waals surface area contributed by atoms with Crippen LogP contribution in [0.4, 0.5) is 5.82 Å². The number of hydrogen-bond donors (Lipinski definition) is 1. The average molecular weight is 211 g/mol. The van der Waals surface area contributed by atoms with Crippen molar-refractivity contribution in [3.05, 3.63) is 17.8 Å². The van der Waals surface area contributed by atoms with Crippen molar-refractivity contribution in [1.82, 2.24) is 10.2 Å². The second kappa shape index (κ2) is 5.86. The second-order valence-corrected chi connectivity index (χ2v) is 4.43. The molecule has 4 heteroatoms. The SMILES string of the molecule is CSCCC(C)Nc1cc(C)cnn1. The molecule has 78 valence electrons. The van der Waals surface area contributed by atoms with Gasteiger partial charge in [0.15, 0.2) is 0 Å². The van der Waals surface area contributed by atoms with Gasteiger partial charge >= 0.3 is 0 Å². The Bertz CT molecular complexity index is 278. The summed E-state index contributed by atoms with van der Waals surface area (Å²) in [5, 5.41) is 11.3. The highest BCUT2D eigenvalue weighted by Gasteiger charge is 2.02. The van der Waals surface area contributed by atoms with Gasteiger partial charge in [-0.15, -0.1) is 5.10 Å². The van der Waals surface area contributed by atoms with Gasteiger partial charge in [-0.25, -0.2) is 0 Å². The highest BCUT2D eigenvalue weighted by atomic mass is 32.2. The molecule has 1 atom stereocenters. The van der Waals surface area contributed by atoms with E-state index in [0.29, 0.717) is 6.04 Å². The Balaban J connectivity index is 2.43. The quantitative estimate of drug-likeness (QED) is 0.811. The van der Waals surface area contributed by atoms with Crippen LogP contribution in [-0.4, -0.2) is 28.2 Å². The number of nitrogens with zero attached hydrogens (tertiary/aromatic N) is 2. The van der Waals surface area contributed by atoms with Crippen LogP contribution in [0.3, 0.4) is 0 Å². The number of hydrogen-bond acceptors (Lipinski definition) is 4. The molecule has 0 bridgehead atoms. The minimum atomic E-state index is 0.457. The molecular formula is C10H17N3S. The van der Waals surface area contributed by atoms with Crippen LogP contribution in [0, 0.1) is 6.92 Å². The van der Waals surface area contributed by atoms with E-state index < -0.39 is 0 Å². The zero-order valence-electron chi connectivity index (χ0n) is 8.95. The molecule has 0 fully saturated rings. The average Bonchev–Trinajstić information content (AvgIpc) is 2.15. The molecule has 1 heterocycles. The third-order valence-corrected chi connectivity index (χ3v) is 2.58. The molecule has 1 aromatic heterocycles. The van der Waals surface area contributed by atoms with Gasteiger partial charge in [-0.2, -0.15) is 16.9 Å². The van der Waals surface area contributed by atoms with Gasteiger partial charge < -0.3 is 5.32 Å². The maximum Gasteiger partial charge on any atom is 0.149 e. The number of anilines is 1. The highest BCUT2D eigenvalue weighted by molar-refractivity contribution is 7.98. The van der Waals surface area contributed by atoms with Crippen molar-refractivity contribution in [3.63, 3.8) is 0 Å². The molecule has 0 aliphatic carbocycles. The minimum absolute atomic E-state index is 0.457. The number of nitrogens with one attached hydrogen (secondary N) is 1. The first-order valence-electron chi connectivity index (χ1n) is 4.77. The fraction of sp³-hybridized carbons (Fsp3) is 0.600. The zero-order chi connectivity index (χ0) is 10.4. The molecule has 0 spiro atoms. The highest BCUT2D eigenvalue weighted by Crippen LogP contribution is 2.08. The molecule has 0 aliphatic heterocycles. The monoisotopic (exact) mass is 211 g/mol. The third kappa shape index (κ3) is 3.96. The lowest BCUT2D eigenvalue weighted by Gasteiger charge is -2.13. The van der Waals surface area contributed by atoms with E-state index in [9.17, 15) is 0 Å². The summed E-state index contributed by atoms with van der Waals surface area (Å²) in [5.74, 6) is 2.05. The summed E-state index contributed by atoms with van der Waals surface area (Å²) < 4.78 is 0. The Labute approximate surface area is 89.7 Å². The van der Waals surface area contributed by atoms with Gasteiger partial charge in [-0.05, 0) is 43.9 Å². The summed E-state index contributed by atoms with van der Waals surface area (Å²) in [6.07, 6.45) is 5.04. The number of aromatic nitrogens is 2. The maximum absolute atomic E-state index is 4.02. The van der Waals surface area contributed by atoms with Gasteiger partial charge in [0.1, 0.15) is 5.82 Å². The Kier molecular flexibility index (Phi) is 4.73. The fourth-order valence-electron chi connectivity index (χ4n) is 1.15. The van der Waals surface area contributed by atoms with Crippen molar-refractivity contribution in [3.8, 4) is 0 Å². The molecule has 0 amide bonds. The van der Waals surface area contributed by atoms with Crippen molar-refractivity contribution in [2.24, 2.45) is 0 Å². The summed E-state index contributed by atoms with van der Waals surface area (Å²) in [6, 6.07) is 2.47. The molecule has 1 aromatic rings. The van der Waals surface area contributed by atoms with Crippen LogP contribution in [-0.2, 0) is 0 Å². The van der Waals surface area contributed by atoms with E-state index in [1.165, 1.54) is 5.75 Å². The molecule has 3 nitrogen and oxygen atoms in total. The van der Waals surface area contributed by atoms with E-state index in [-0.39, 0.29) is 0 Å². The molecule has 0 aliphatic rings. The van der Waals surface area contributed by atoms with Crippen LogP contribution in [0.2, 0.25) is 0 Å². The fourth-order valence-corrected chi connectivity index (χ4v) is 1.74. The van der Waals surface area contributed by atoms with Crippen LogP contribution in [0.1, 0.15) is 18.9 Å². The molecule has 0 saturated carbocycles. The van der Waals surface area contributed by atoms with E-state index in [4.69, 9.17) is 0 Å². The van der Waals surface area contributed by atoms with E-state index >= 15 is 0 Å². The van der Waals surface area contributed by atoms with E-state index in [2.05, 4.69) is 28.7 Å². The van der Waals surface area contributed by atoms with Crippen molar-refractivity contribution < 1.29 is 0 Å². The Hall–Kier alpha value is -0.770. The lowest BCUT2D eigenvalue weighted by molar-refractivity contribution is 0.761. The molecule has 14 heavy (non-hydrogen) atoms. The molecular weight excluding hydrogens is 194 g/mol. The summed E-state index contributed by atoms with van der Waals surface area (Å²) in [7, 11) is 0. The third-order valence-electron chi connectivity index (χ3n) is 1.94. The van der Waals surface area contributed by atoms with Crippen molar-refractivity contribution in [2.45, 2.75) is 26.3 Å². The molecule has 1 rings (SSSR count). The van der Waals surface area contributed by atoms with Gasteiger partial charge in [-0.1, -0.05) is 0 Å². The second-order valence-electron chi connectivity index (χ2n) is 3.45. The van der Waals surface area contributed by atoms with Crippen LogP contribution < -0.4 is 5.32 Å². The lowest BCUT2D eigenvalue weighted by Crippen LogP contribution is -2.17. The first-order chi connectivity index (χ1) is 6.72. The zero-order valence-corrected chi connectivity index (χ0v) is 9.77. The first kappa shape index (κ1) is 11.3. The molecule has 0 radical (unpaired) electrons. The molecule has 0 saturated heterocycles. The Morgan fingerprint density at radius 2 is 2.36 bits per heavy atom. The van der Waals surface area contributed by atoms with Crippen molar-refractivity contribution in [1.29, 1.82) is 0 Å². The number of aryl methyl sites for hydroxylation is 1. The number of rotatable bonds is 5. The van der Waals surface area contributed by atoms with Gasteiger partial charge in [0, 0.05) is 6.04 Å². The topological polar surface area (TPSA) is 37.8 Å². The normalized spacial score (nSPS) is 12.5. The van der Waals surface area contributed by atoms with E-state index in [1.54, 1.807) is 6.20 Å². The first-order valence-corrected chi connectivity index (χ1v) is 6.16. The number of thioether (sulfide) groups is 1. The van der Waals surface area contributed by atoms with Gasteiger partial charge in [0.2, 0.25) is 0 Å². The van der Waals surface area contributed by atoms with Crippen LogP contribution >= 0.6 is 11.8 Å². The largest absolute Gasteiger partial charge is 0.366 e. The summed E-state index contributed by atoms with van der Waals surface area (Å²) in [6.45, 7) is 4.19. The minimum Gasteiger partial charge on any atom is -0.366 e. The molecule has 0 aromatic carbocycles. The predicted molar refractivity (Wildman–Crippen MR) is 62.9 cm³/mol. The van der Waals surface area contributed by atoms with Gasteiger partial charge in [0.25, 0.3) is 0 Å². The summed E-state index contributed by atoms with van der Waals surface area (Å²) >= 11 is 1.87. The van der Waals surface area contributed by atoms with Gasteiger partial charge in [0.05, 0.1) is 6.20 Å². The Morgan fingerprint density at radius 1 is 1.57 bits per heavy atom. The smallest absolute Gasteiger partial charge is 0.149 e. The van der Waals surface area contributed by atoms with Crippen LogP contribution in [0.5, 0.6) is 0 Å². The predicted octanol–water partition coefficient (Wildman–Crippen LogP) is 2.34. The molecule has 1 N–H and O–H groups in total. The lowest BCUT2D eigenvalue weighted by atomic mass is 10.2. The Morgan fingerprint density at radius 3 is 3.00 bits per heavy atom. The van der Waals surface area contributed by atoms with Crippen molar-refractivity contribution in [2.75, 3.05) is 17.3 Å². The van der Waals surface area contributed by atoms with Crippen LogP contribution in [0.25, 0.3) is 0 Å². The summed E-state index contributed by atoms with van der Waals surface area (Å²) in [5.41, 5.74) is 1.14. The van der Waals surface area contributed by atoms with Crippen molar-refractivity contribution >= 4 is 17.6 Å². The van der Waals surface area contributed by atoms with Crippen LogP contribution in [0.15, 0.2) is 12.3 Å². The van der Waals surface area contributed by atoms with E-state index in [1.807, 2.05) is 24.8 Å².